The lowest BCUT2D eigenvalue weighted by Crippen LogP contribution is -2.12. The summed E-state index contributed by atoms with van der Waals surface area (Å²) in [4.78, 5) is 38.0. The van der Waals surface area contributed by atoms with Gasteiger partial charge in [-0.15, -0.1) is 0 Å². The fourth-order valence-electron chi connectivity index (χ4n) is 3.93. The minimum atomic E-state index is -0.859. The Hall–Kier alpha value is -5.32. The Kier molecular flexibility index (Phi) is 6.64. The lowest BCUT2D eigenvalue weighted by Gasteiger charge is -2.14. The summed E-state index contributed by atoms with van der Waals surface area (Å²) >= 11 is 0. The zero-order valence-corrected chi connectivity index (χ0v) is 20.1. The summed E-state index contributed by atoms with van der Waals surface area (Å²) in [6.07, 6.45) is 0. The number of carbonyl (C=O) groups excluding carboxylic acids is 1. The Morgan fingerprint density at radius 3 is 2.45 bits per heavy atom. The molecule has 0 bridgehead atoms. The zero-order chi connectivity index (χ0) is 26.6. The number of ether oxygens (including phenoxy) is 1. The molecule has 38 heavy (non-hydrogen) atoms. The number of nitrogen functional groups attached to an aromatic ring is 1. The van der Waals surface area contributed by atoms with E-state index >= 15 is 0 Å². The Morgan fingerprint density at radius 1 is 1.00 bits per heavy atom. The van der Waals surface area contributed by atoms with Gasteiger partial charge in [-0.05, 0) is 35.7 Å². The third kappa shape index (κ3) is 5.12. The predicted molar refractivity (Wildman–Crippen MR) is 137 cm³/mol. The number of carbonyl (C=O) groups is 1. The maximum Gasteiger partial charge on any atom is 0.519 e. The second kappa shape index (κ2) is 10.3. The van der Waals surface area contributed by atoms with Gasteiger partial charge in [-0.25, -0.2) is 14.4 Å². The molecule has 0 amide bonds. The van der Waals surface area contributed by atoms with Crippen LogP contribution in [0.2, 0.25) is 0 Å². The van der Waals surface area contributed by atoms with E-state index in [0.29, 0.717) is 23.7 Å². The van der Waals surface area contributed by atoms with Gasteiger partial charge in [0.15, 0.2) is 24.0 Å². The maximum absolute atomic E-state index is 12.8. The summed E-state index contributed by atoms with van der Waals surface area (Å²) in [5, 5.41) is 7.00. The van der Waals surface area contributed by atoms with Gasteiger partial charge in [0.1, 0.15) is 0 Å². The van der Waals surface area contributed by atoms with E-state index in [1.54, 1.807) is 25.1 Å². The lowest BCUT2D eigenvalue weighted by molar-refractivity contribution is 0.0444. The van der Waals surface area contributed by atoms with Crippen molar-refractivity contribution >= 4 is 17.3 Å². The highest BCUT2D eigenvalue weighted by molar-refractivity contribution is 5.98. The van der Waals surface area contributed by atoms with Crippen molar-refractivity contribution in [3.63, 3.8) is 0 Å². The van der Waals surface area contributed by atoms with E-state index in [2.05, 4.69) is 20.0 Å². The molecule has 11 nitrogen and oxygen atoms in total. The number of hydrogen-bond donors (Lipinski definition) is 3. The van der Waals surface area contributed by atoms with Crippen LogP contribution in [0.15, 0.2) is 89.7 Å². The highest BCUT2D eigenvalue weighted by Crippen LogP contribution is 2.30. The van der Waals surface area contributed by atoms with Crippen molar-refractivity contribution in [1.82, 2.24) is 10.1 Å². The quantitative estimate of drug-likeness (QED) is 0.203. The smallest absolute Gasteiger partial charge is 0.454 e. The molecule has 0 fully saturated rings. The van der Waals surface area contributed by atoms with Crippen molar-refractivity contribution in [2.75, 3.05) is 11.1 Å². The van der Waals surface area contributed by atoms with Crippen LogP contribution in [0.1, 0.15) is 27.4 Å². The molecule has 0 radical (unpaired) electrons. The number of nitrogens with zero attached hydrogens (tertiary/aromatic N) is 1. The van der Waals surface area contributed by atoms with Gasteiger partial charge in [0.05, 0.1) is 16.9 Å². The molecule has 0 saturated heterocycles. The van der Waals surface area contributed by atoms with Gasteiger partial charge < -0.3 is 24.6 Å². The monoisotopic (exact) mass is 514 g/mol. The molecule has 3 aromatic carbocycles. The highest BCUT2D eigenvalue weighted by Gasteiger charge is 2.18. The van der Waals surface area contributed by atoms with Crippen LogP contribution in [0, 0.1) is 6.92 Å². The number of aryl methyl sites for hydroxylation is 1. The molecule has 0 atom stereocenters. The molecule has 2 heterocycles. The van der Waals surface area contributed by atoms with E-state index in [0.717, 1.165) is 22.3 Å². The zero-order valence-electron chi connectivity index (χ0n) is 20.1. The molecule has 4 N–H and O–H groups in total. The minimum absolute atomic E-state index is 0.137. The van der Waals surface area contributed by atoms with Crippen molar-refractivity contribution < 1.29 is 22.9 Å². The molecule has 0 aliphatic heterocycles. The number of esters is 1. The number of nitrogens with two attached hydrogens (primary N) is 1. The fraction of sp³-hybridized carbons (Fsp3) is 0.111. The SMILES string of the molecule is Cc1oc(=O)oc1COC(=O)c1cccc(N)c1NCc1ccc(-c2ccccc2-c2noc(=O)[nH]2)cc1. The molecule has 5 aromatic rings. The van der Waals surface area contributed by atoms with Gasteiger partial charge in [0, 0.05) is 12.1 Å². The van der Waals surface area contributed by atoms with Crippen molar-refractivity contribution in [3.8, 4) is 22.5 Å². The first-order valence-electron chi connectivity index (χ1n) is 11.5. The Labute approximate surface area is 214 Å². The number of benzene rings is 3. The predicted octanol–water partition coefficient (Wildman–Crippen LogP) is 4.10. The number of H-pyrrole nitrogens is 1. The van der Waals surface area contributed by atoms with Crippen LogP contribution < -0.4 is 22.6 Å². The van der Waals surface area contributed by atoms with Crippen LogP contribution in [0.25, 0.3) is 22.5 Å². The van der Waals surface area contributed by atoms with Crippen LogP contribution in [-0.2, 0) is 17.9 Å². The lowest BCUT2D eigenvalue weighted by atomic mass is 9.98. The molecule has 11 heteroatoms. The molecule has 0 spiro atoms. The molecule has 2 aromatic heterocycles. The van der Waals surface area contributed by atoms with E-state index in [1.807, 2.05) is 48.5 Å². The molecular weight excluding hydrogens is 492 g/mol. The van der Waals surface area contributed by atoms with Crippen LogP contribution in [0.5, 0.6) is 0 Å². The van der Waals surface area contributed by atoms with Gasteiger partial charge in [-0.3, -0.25) is 9.51 Å². The Morgan fingerprint density at radius 2 is 1.76 bits per heavy atom. The first kappa shape index (κ1) is 24.4. The van der Waals surface area contributed by atoms with E-state index < -0.39 is 17.5 Å². The van der Waals surface area contributed by atoms with Crippen molar-refractivity contribution in [1.29, 1.82) is 0 Å². The topological polar surface area (TPSA) is 167 Å². The van der Waals surface area contributed by atoms with Crippen LogP contribution in [-0.4, -0.2) is 16.1 Å². The molecule has 0 unspecified atom stereocenters. The maximum atomic E-state index is 12.8. The van der Waals surface area contributed by atoms with E-state index in [1.165, 1.54) is 0 Å². The van der Waals surface area contributed by atoms with E-state index in [4.69, 9.17) is 19.3 Å². The first-order chi connectivity index (χ1) is 18.4. The summed E-state index contributed by atoms with van der Waals surface area (Å²) in [7, 11) is 0. The summed E-state index contributed by atoms with van der Waals surface area (Å²) in [6, 6.07) is 20.2. The Bertz CT molecular complexity index is 1710. The molecule has 192 valence electrons. The van der Waals surface area contributed by atoms with Crippen LogP contribution in [0.3, 0.4) is 0 Å². The van der Waals surface area contributed by atoms with Crippen molar-refractivity contribution in [2.45, 2.75) is 20.1 Å². The largest absolute Gasteiger partial charge is 0.519 e. The molecular formula is C27H22N4O7. The van der Waals surface area contributed by atoms with Gasteiger partial charge in [0.2, 0.25) is 0 Å². The third-order valence-corrected chi connectivity index (χ3v) is 5.84. The number of aromatic nitrogens is 2. The highest BCUT2D eigenvalue weighted by atomic mass is 16.6. The number of aromatic amines is 1. The summed E-state index contributed by atoms with van der Waals surface area (Å²) in [5.41, 5.74) is 10.6. The summed E-state index contributed by atoms with van der Waals surface area (Å²) in [6.45, 7) is 1.67. The van der Waals surface area contributed by atoms with Gasteiger partial charge in [-0.1, -0.05) is 59.8 Å². The molecule has 0 aliphatic carbocycles. The standard InChI is InChI=1S/C27H22N4O7/c1-15-22(37-27(34)36-15)14-35-25(32)20-7-4-8-21(28)23(20)29-13-16-9-11-17(12-10-16)18-5-2-3-6-19(18)24-30-26(33)38-31-24/h2-12,29H,13-14,28H2,1H3,(H,30,31,33). The number of rotatable bonds is 8. The molecule has 0 aliphatic rings. The summed E-state index contributed by atoms with van der Waals surface area (Å²) < 4.78 is 19.6. The molecule has 0 saturated carbocycles. The second-order valence-corrected chi connectivity index (χ2v) is 8.32. The van der Waals surface area contributed by atoms with Crippen molar-refractivity contribution in [3.05, 3.63) is 111 Å². The second-order valence-electron chi connectivity index (χ2n) is 8.32. The normalized spacial score (nSPS) is 10.9. The summed E-state index contributed by atoms with van der Waals surface area (Å²) in [5.74, 6) is -1.39. The number of para-hydroxylation sites is 1. The van der Waals surface area contributed by atoms with E-state index in [-0.39, 0.29) is 23.7 Å². The van der Waals surface area contributed by atoms with Gasteiger partial charge in [0.25, 0.3) is 0 Å². The van der Waals surface area contributed by atoms with Gasteiger partial charge >= 0.3 is 17.5 Å². The third-order valence-electron chi connectivity index (χ3n) is 5.84. The van der Waals surface area contributed by atoms with Crippen LogP contribution >= 0.6 is 0 Å². The number of anilines is 2. The van der Waals surface area contributed by atoms with Crippen molar-refractivity contribution in [2.24, 2.45) is 0 Å². The number of nitrogens with one attached hydrogen (secondary N) is 2. The van der Waals surface area contributed by atoms with E-state index in [9.17, 15) is 14.4 Å². The van der Waals surface area contributed by atoms with Gasteiger partial charge in [-0.2, -0.15) is 0 Å². The molecule has 5 rings (SSSR count). The number of hydrogen-bond acceptors (Lipinski definition) is 10. The van der Waals surface area contributed by atoms with Crippen LogP contribution in [0.4, 0.5) is 11.4 Å². The minimum Gasteiger partial charge on any atom is -0.454 e. The first-order valence-corrected chi connectivity index (χ1v) is 11.5. The average molecular weight is 514 g/mol. The average Bonchev–Trinajstić information content (AvgIpc) is 3.50. The fourth-order valence-corrected chi connectivity index (χ4v) is 3.93. The Balaban J connectivity index is 1.30.